The molecule has 0 unspecified atom stereocenters. The van der Waals surface area contributed by atoms with Gasteiger partial charge < -0.3 is 9.15 Å². The van der Waals surface area contributed by atoms with Gasteiger partial charge in [0.1, 0.15) is 11.3 Å². The van der Waals surface area contributed by atoms with Gasteiger partial charge in [-0.15, -0.1) is 0 Å². The fourth-order valence-electron chi connectivity index (χ4n) is 4.14. The molecule has 1 aliphatic rings. The molecule has 1 aliphatic heterocycles. The van der Waals surface area contributed by atoms with E-state index in [0.717, 1.165) is 11.0 Å². The number of benzene rings is 3. The van der Waals surface area contributed by atoms with Gasteiger partial charge in [-0.2, -0.15) is 13.2 Å². The smallest absolute Gasteiger partial charge is 0.450 e. The van der Waals surface area contributed by atoms with Gasteiger partial charge in [-0.1, -0.05) is 35.9 Å². The van der Waals surface area contributed by atoms with E-state index in [1.165, 1.54) is 48.5 Å². The average molecular weight is 542 g/mol. The Bertz CT molecular complexity index is 1640. The van der Waals surface area contributed by atoms with E-state index < -0.39 is 46.3 Å². The van der Waals surface area contributed by atoms with Crippen LogP contribution in [0.4, 0.5) is 13.2 Å². The average Bonchev–Trinajstić information content (AvgIpc) is 3.12. The fourth-order valence-corrected chi connectivity index (χ4v) is 4.27. The third kappa shape index (κ3) is 4.54. The first-order valence-corrected chi connectivity index (χ1v) is 11.5. The van der Waals surface area contributed by atoms with Crippen LogP contribution in [0.15, 0.2) is 75.9 Å². The molecule has 38 heavy (non-hydrogen) atoms. The molecule has 0 aliphatic carbocycles. The minimum atomic E-state index is -5.00. The number of halogens is 4. The van der Waals surface area contributed by atoms with Crippen LogP contribution in [0.3, 0.4) is 0 Å². The predicted molar refractivity (Wildman–Crippen MR) is 130 cm³/mol. The molecule has 0 atom stereocenters. The molecule has 0 N–H and O–H groups in total. The van der Waals surface area contributed by atoms with Crippen LogP contribution < -0.4 is 10.2 Å². The van der Waals surface area contributed by atoms with Crippen molar-refractivity contribution in [2.75, 3.05) is 6.54 Å². The first-order chi connectivity index (χ1) is 18.0. The summed E-state index contributed by atoms with van der Waals surface area (Å²) in [5.41, 5.74) is -1.61. The van der Waals surface area contributed by atoms with E-state index in [4.69, 9.17) is 20.8 Å². The number of rotatable bonds is 5. The summed E-state index contributed by atoms with van der Waals surface area (Å²) in [6, 6.07) is 14.9. The van der Waals surface area contributed by atoms with E-state index in [2.05, 4.69) is 0 Å². The van der Waals surface area contributed by atoms with Crippen molar-refractivity contribution in [1.29, 1.82) is 0 Å². The number of carbonyl (C=O) groups excluding carboxylic acids is 3. The van der Waals surface area contributed by atoms with Gasteiger partial charge in [0, 0.05) is 17.6 Å². The number of carbonyl (C=O) groups is 3. The first-order valence-electron chi connectivity index (χ1n) is 11.1. The number of hydrogen-bond acceptors (Lipinski definition) is 6. The summed E-state index contributed by atoms with van der Waals surface area (Å²) in [4.78, 5) is 51.2. The Kier molecular flexibility index (Phi) is 6.28. The van der Waals surface area contributed by atoms with Crippen molar-refractivity contribution >= 4 is 40.4 Å². The Morgan fingerprint density at radius 1 is 0.921 bits per heavy atom. The quantitative estimate of drug-likeness (QED) is 0.182. The van der Waals surface area contributed by atoms with Crippen LogP contribution in [0.5, 0.6) is 5.75 Å². The van der Waals surface area contributed by atoms with E-state index >= 15 is 0 Å². The van der Waals surface area contributed by atoms with Crippen molar-refractivity contribution in [2.24, 2.45) is 0 Å². The Labute approximate surface area is 217 Å². The summed E-state index contributed by atoms with van der Waals surface area (Å²) in [5.74, 6) is -3.62. The monoisotopic (exact) mass is 541 g/mol. The highest BCUT2D eigenvalue weighted by molar-refractivity contribution is 6.30. The molecule has 1 aromatic heterocycles. The van der Waals surface area contributed by atoms with Gasteiger partial charge in [-0.05, 0) is 42.0 Å². The number of amides is 2. The lowest BCUT2D eigenvalue weighted by molar-refractivity contribution is -0.152. The first kappa shape index (κ1) is 25.2. The Morgan fingerprint density at radius 3 is 2.16 bits per heavy atom. The van der Waals surface area contributed by atoms with Crippen LogP contribution in [0.25, 0.3) is 22.1 Å². The summed E-state index contributed by atoms with van der Waals surface area (Å²) < 4.78 is 51.8. The molecular formula is C27H15ClF3NO6. The number of ether oxygens (including phenoxy) is 1. The maximum absolute atomic E-state index is 13.8. The third-order valence-electron chi connectivity index (χ3n) is 5.90. The number of fused-ring (bicyclic) bond motifs is 2. The Hall–Kier alpha value is -4.44. The van der Waals surface area contributed by atoms with Gasteiger partial charge >= 0.3 is 12.1 Å². The van der Waals surface area contributed by atoms with Gasteiger partial charge in [-0.25, -0.2) is 0 Å². The lowest BCUT2D eigenvalue weighted by Gasteiger charge is -2.14. The van der Waals surface area contributed by atoms with Gasteiger partial charge in [0.15, 0.2) is 0 Å². The molecule has 4 aromatic rings. The SMILES string of the molecule is O=C(CCN1C(=O)c2ccccc2C1=O)Oc1ccc2c(=O)c(-c3ccc(Cl)cc3)c(C(F)(F)F)oc2c1. The highest BCUT2D eigenvalue weighted by Crippen LogP contribution is 2.38. The normalized spacial score (nSPS) is 13.2. The molecule has 7 nitrogen and oxygen atoms in total. The van der Waals surface area contributed by atoms with Gasteiger partial charge in [-0.3, -0.25) is 24.1 Å². The number of hydrogen-bond donors (Lipinski definition) is 0. The molecule has 0 fully saturated rings. The van der Waals surface area contributed by atoms with Gasteiger partial charge in [0.25, 0.3) is 11.8 Å². The number of alkyl halides is 3. The van der Waals surface area contributed by atoms with E-state index in [1.54, 1.807) is 12.1 Å². The number of esters is 1. The molecular weight excluding hydrogens is 527 g/mol. The standard InChI is InChI=1S/C27H15ClF3NO6/c28-15-7-5-14(6-8-15)22-23(34)19-10-9-16(13-20(19)38-24(22)27(29,30)31)37-21(33)11-12-32-25(35)17-3-1-2-4-18(17)26(32)36/h1-10,13H,11-12H2. The van der Waals surface area contributed by atoms with Crippen LogP contribution in [-0.2, 0) is 11.0 Å². The van der Waals surface area contributed by atoms with Crippen molar-refractivity contribution in [2.45, 2.75) is 12.6 Å². The second-order valence-electron chi connectivity index (χ2n) is 8.33. The maximum atomic E-state index is 13.8. The molecule has 192 valence electrons. The van der Waals surface area contributed by atoms with Crippen LogP contribution in [0, 0.1) is 0 Å². The summed E-state index contributed by atoms with van der Waals surface area (Å²) in [7, 11) is 0. The summed E-state index contributed by atoms with van der Waals surface area (Å²) in [6.45, 7) is -0.253. The second kappa shape index (κ2) is 9.46. The fraction of sp³-hybridized carbons (Fsp3) is 0.111. The van der Waals surface area contributed by atoms with Crippen LogP contribution in [0.2, 0.25) is 5.02 Å². The third-order valence-corrected chi connectivity index (χ3v) is 6.16. The zero-order valence-corrected chi connectivity index (χ0v) is 19.9. The molecule has 0 saturated heterocycles. The van der Waals surface area contributed by atoms with Crippen molar-refractivity contribution < 1.29 is 36.7 Å². The highest BCUT2D eigenvalue weighted by Gasteiger charge is 2.39. The Balaban J connectivity index is 1.39. The lowest BCUT2D eigenvalue weighted by Crippen LogP contribution is -2.32. The van der Waals surface area contributed by atoms with E-state index in [9.17, 15) is 32.3 Å². The van der Waals surface area contributed by atoms with Gasteiger partial charge in [0.05, 0.1) is 28.5 Å². The topological polar surface area (TPSA) is 93.9 Å². The summed E-state index contributed by atoms with van der Waals surface area (Å²) in [5, 5.41) is 0.121. The highest BCUT2D eigenvalue weighted by atomic mass is 35.5. The maximum Gasteiger partial charge on any atom is 0.450 e. The molecule has 0 radical (unpaired) electrons. The molecule has 2 amide bonds. The van der Waals surface area contributed by atoms with E-state index in [0.29, 0.717) is 0 Å². The van der Waals surface area contributed by atoms with Crippen molar-refractivity contribution in [3.63, 3.8) is 0 Å². The molecule has 0 saturated carbocycles. The minimum Gasteiger partial charge on any atom is -0.450 e. The zero-order valence-electron chi connectivity index (χ0n) is 19.2. The van der Waals surface area contributed by atoms with Crippen molar-refractivity contribution in [3.8, 4) is 16.9 Å². The van der Waals surface area contributed by atoms with E-state index in [-0.39, 0.29) is 45.8 Å². The van der Waals surface area contributed by atoms with Crippen LogP contribution in [0.1, 0.15) is 32.9 Å². The van der Waals surface area contributed by atoms with Crippen molar-refractivity contribution in [3.05, 3.63) is 98.9 Å². The largest absolute Gasteiger partial charge is 0.450 e. The zero-order chi connectivity index (χ0) is 27.2. The molecule has 0 spiro atoms. The van der Waals surface area contributed by atoms with Gasteiger partial charge in [0.2, 0.25) is 11.2 Å². The number of nitrogens with zero attached hydrogens (tertiary/aromatic N) is 1. The minimum absolute atomic E-state index is 0.0268. The molecule has 11 heteroatoms. The number of imide groups is 1. The van der Waals surface area contributed by atoms with Crippen LogP contribution in [-0.4, -0.2) is 29.2 Å². The predicted octanol–water partition coefficient (Wildman–Crippen LogP) is 5.72. The summed E-state index contributed by atoms with van der Waals surface area (Å²) in [6.07, 6.45) is -5.36. The Morgan fingerprint density at radius 2 is 1.55 bits per heavy atom. The molecule has 0 bridgehead atoms. The van der Waals surface area contributed by atoms with Crippen LogP contribution >= 0.6 is 11.6 Å². The molecule has 2 heterocycles. The lowest BCUT2D eigenvalue weighted by atomic mass is 10.0. The van der Waals surface area contributed by atoms with E-state index in [1.807, 2.05) is 0 Å². The molecule has 5 rings (SSSR count). The second-order valence-corrected chi connectivity index (χ2v) is 8.77. The molecule has 3 aromatic carbocycles. The summed E-state index contributed by atoms with van der Waals surface area (Å²) >= 11 is 5.82. The van der Waals surface area contributed by atoms with Crippen molar-refractivity contribution in [1.82, 2.24) is 4.90 Å².